The topological polar surface area (TPSA) is 87.7 Å². The van der Waals surface area contributed by atoms with E-state index in [4.69, 9.17) is 10.9 Å². The van der Waals surface area contributed by atoms with Crippen molar-refractivity contribution in [1.29, 1.82) is 0 Å². The van der Waals surface area contributed by atoms with Gasteiger partial charge in [-0.25, -0.2) is 0 Å². The Balaban J connectivity index is 2.24. The molecule has 1 aliphatic carbocycles. The number of nitrogens with zero attached hydrogens (tertiary/aromatic N) is 1. The highest BCUT2D eigenvalue weighted by molar-refractivity contribution is 9.10. The van der Waals surface area contributed by atoms with Crippen molar-refractivity contribution in [2.75, 3.05) is 0 Å². The molecule has 0 aliphatic heterocycles. The number of nitrogens with one attached hydrogen (secondary N) is 1. The van der Waals surface area contributed by atoms with E-state index in [2.05, 4.69) is 26.4 Å². The van der Waals surface area contributed by atoms with Crippen LogP contribution in [0, 0.1) is 0 Å². The third kappa shape index (κ3) is 3.15. The van der Waals surface area contributed by atoms with Gasteiger partial charge in [0.2, 0.25) is 0 Å². The molecule has 1 aromatic rings. The highest BCUT2D eigenvalue weighted by Crippen LogP contribution is 2.29. The lowest BCUT2D eigenvalue weighted by Crippen LogP contribution is -2.57. The molecule has 2 rings (SSSR count). The van der Waals surface area contributed by atoms with Gasteiger partial charge < -0.3 is 16.3 Å². The first kappa shape index (κ1) is 15.3. The van der Waals surface area contributed by atoms with Gasteiger partial charge in [-0.1, -0.05) is 30.8 Å². The molecule has 0 radical (unpaired) electrons. The highest BCUT2D eigenvalue weighted by atomic mass is 79.9. The van der Waals surface area contributed by atoms with Gasteiger partial charge in [-0.3, -0.25) is 4.79 Å². The van der Waals surface area contributed by atoms with Gasteiger partial charge in [-0.2, -0.15) is 0 Å². The minimum absolute atomic E-state index is 0.0976. The largest absolute Gasteiger partial charge is 0.409 e. The van der Waals surface area contributed by atoms with Gasteiger partial charge in [0.1, 0.15) is 10.4 Å². The van der Waals surface area contributed by atoms with E-state index in [9.17, 15) is 4.79 Å². The summed E-state index contributed by atoms with van der Waals surface area (Å²) in [5.74, 6) is -0.0826. The van der Waals surface area contributed by atoms with Gasteiger partial charge in [0.25, 0.3) is 5.91 Å². The first-order valence-corrected chi connectivity index (χ1v) is 8.30. The molecule has 5 nitrogen and oxygen atoms in total. The van der Waals surface area contributed by atoms with Gasteiger partial charge >= 0.3 is 0 Å². The van der Waals surface area contributed by atoms with Crippen molar-refractivity contribution >= 4 is 39.0 Å². The van der Waals surface area contributed by atoms with Crippen molar-refractivity contribution in [3.05, 3.63) is 20.8 Å². The lowest BCUT2D eigenvalue weighted by molar-refractivity contribution is 0.0919. The van der Waals surface area contributed by atoms with Gasteiger partial charge in [0.05, 0.1) is 0 Å². The van der Waals surface area contributed by atoms with Crippen molar-refractivity contribution in [3.8, 4) is 0 Å². The molecule has 0 aromatic carbocycles. The van der Waals surface area contributed by atoms with Crippen LogP contribution in [0.4, 0.5) is 0 Å². The second kappa shape index (κ2) is 6.58. The summed E-state index contributed by atoms with van der Waals surface area (Å²) in [5, 5.41) is 17.0. The monoisotopic (exact) mass is 359 g/mol. The fourth-order valence-corrected chi connectivity index (χ4v) is 4.05. The molecule has 1 saturated carbocycles. The number of amidine groups is 1. The molecule has 7 heteroatoms. The van der Waals surface area contributed by atoms with E-state index in [0.717, 1.165) is 30.2 Å². The molecule has 0 bridgehead atoms. The van der Waals surface area contributed by atoms with Gasteiger partial charge in [-0.15, -0.1) is 11.3 Å². The Morgan fingerprint density at radius 2 is 2.05 bits per heavy atom. The van der Waals surface area contributed by atoms with Crippen molar-refractivity contribution < 1.29 is 10.0 Å². The van der Waals surface area contributed by atoms with Crippen LogP contribution in [0.25, 0.3) is 0 Å². The summed E-state index contributed by atoms with van der Waals surface area (Å²) in [6, 6.07) is 1.84. The molecule has 1 aromatic heterocycles. The normalized spacial score (nSPS) is 19.4. The Morgan fingerprint density at radius 1 is 1.40 bits per heavy atom. The van der Waals surface area contributed by atoms with Crippen LogP contribution >= 0.6 is 27.3 Å². The third-order valence-corrected chi connectivity index (χ3v) is 5.57. The van der Waals surface area contributed by atoms with Crippen LogP contribution < -0.4 is 11.1 Å². The van der Waals surface area contributed by atoms with E-state index in [1.54, 1.807) is 0 Å². The Hall–Kier alpha value is -1.08. The van der Waals surface area contributed by atoms with E-state index in [1.165, 1.54) is 11.3 Å². The van der Waals surface area contributed by atoms with Crippen LogP contribution in [-0.4, -0.2) is 22.5 Å². The first-order valence-electron chi connectivity index (χ1n) is 6.62. The standard InChI is InChI=1S/C13H18BrN3O2S/c14-9-5-8-20-10(9)11(18)16-13(12(15)17-19)6-3-1-2-4-7-13/h5,8,19H,1-4,6-7H2,(H2,15,17)(H,16,18). The molecule has 1 fully saturated rings. The maximum atomic E-state index is 12.4. The summed E-state index contributed by atoms with van der Waals surface area (Å²) < 4.78 is 0.767. The predicted octanol–water partition coefficient (Wildman–Crippen LogP) is 3.08. The summed E-state index contributed by atoms with van der Waals surface area (Å²) in [5.41, 5.74) is 5.14. The smallest absolute Gasteiger partial charge is 0.263 e. The molecule has 1 heterocycles. The maximum absolute atomic E-state index is 12.4. The zero-order chi connectivity index (χ0) is 14.6. The molecule has 0 saturated heterocycles. The van der Waals surface area contributed by atoms with Gasteiger partial charge in [0.15, 0.2) is 5.84 Å². The van der Waals surface area contributed by atoms with Crippen molar-refractivity contribution in [3.63, 3.8) is 0 Å². The number of carbonyl (C=O) groups is 1. The number of hydrogen-bond acceptors (Lipinski definition) is 4. The van der Waals surface area contributed by atoms with Crippen LogP contribution in [0.15, 0.2) is 21.1 Å². The second-order valence-electron chi connectivity index (χ2n) is 5.03. The molecule has 20 heavy (non-hydrogen) atoms. The number of hydrogen-bond donors (Lipinski definition) is 3. The lowest BCUT2D eigenvalue weighted by Gasteiger charge is -2.32. The van der Waals surface area contributed by atoms with E-state index in [-0.39, 0.29) is 11.7 Å². The number of thiophene rings is 1. The van der Waals surface area contributed by atoms with Crippen LogP contribution in [-0.2, 0) is 0 Å². The Labute approximate surface area is 130 Å². The van der Waals surface area contributed by atoms with Crippen molar-refractivity contribution in [2.24, 2.45) is 10.9 Å². The minimum Gasteiger partial charge on any atom is -0.409 e. The average Bonchev–Trinajstić information content (AvgIpc) is 2.73. The summed E-state index contributed by atoms with van der Waals surface area (Å²) in [6.45, 7) is 0. The van der Waals surface area contributed by atoms with Crippen molar-refractivity contribution in [1.82, 2.24) is 5.32 Å². The molecular formula is C13H18BrN3O2S. The maximum Gasteiger partial charge on any atom is 0.263 e. The highest BCUT2D eigenvalue weighted by Gasteiger charge is 2.37. The first-order chi connectivity index (χ1) is 9.59. The van der Waals surface area contributed by atoms with Crippen LogP contribution in [0.1, 0.15) is 48.2 Å². The Bertz CT molecular complexity index is 507. The summed E-state index contributed by atoms with van der Waals surface area (Å²) in [6.07, 6.45) is 5.55. The predicted molar refractivity (Wildman–Crippen MR) is 83.3 cm³/mol. The second-order valence-corrected chi connectivity index (χ2v) is 6.80. The van der Waals surface area contributed by atoms with Gasteiger partial charge in [-0.05, 0) is 40.2 Å². The summed E-state index contributed by atoms with van der Waals surface area (Å²) in [4.78, 5) is 13.0. The van der Waals surface area contributed by atoms with Crippen LogP contribution in [0.2, 0.25) is 0 Å². The Kier molecular flexibility index (Phi) is 5.04. The summed E-state index contributed by atoms with van der Waals surface area (Å²) in [7, 11) is 0. The number of nitrogens with two attached hydrogens (primary N) is 1. The zero-order valence-corrected chi connectivity index (χ0v) is 13.5. The molecule has 4 N–H and O–H groups in total. The van der Waals surface area contributed by atoms with Gasteiger partial charge in [0, 0.05) is 4.47 Å². The Morgan fingerprint density at radius 3 is 2.55 bits per heavy atom. The molecule has 0 atom stereocenters. The quantitative estimate of drug-likeness (QED) is 0.255. The number of amides is 1. The summed E-state index contributed by atoms with van der Waals surface area (Å²) >= 11 is 4.72. The molecule has 1 amide bonds. The zero-order valence-electron chi connectivity index (χ0n) is 11.1. The molecule has 1 aliphatic rings. The molecule has 0 unspecified atom stereocenters. The fourth-order valence-electron chi connectivity index (χ4n) is 2.60. The van der Waals surface area contributed by atoms with E-state index in [0.29, 0.717) is 17.7 Å². The van der Waals surface area contributed by atoms with Crippen LogP contribution in [0.3, 0.4) is 0 Å². The van der Waals surface area contributed by atoms with Crippen molar-refractivity contribution in [2.45, 2.75) is 44.1 Å². The molecule has 110 valence electrons. The minimum atomic E-state index is -0.730. The SMILES string of the molecule is NC(=NO)C1(NC(=O)c2sccc2Br)CCCCCC1. The number of rotatable bonds is 3. The van der Waals surface area contributed by atoms with E-state index in [1.807, 2.05) is 11.4 Å². The average molecular weight is 360 g/mol. The fraction of sp³-hybridized carbons (Fsp3) is 0.538. The van der Waals surface area contributed by atoms with Crippen LogP contribution in [0.5, 0.6) is 0 Å². The number of carbonyl (C=O) groups excluding carboxylic acids is 1. The number of oxime groups is 1. The van der Waals surface area contributed by atoms with E-state index >= 15 is 0 Å². The third-order valence-electron chi connectivity index (χ3n) is 3.73. The lowest BCUT2D eigenvalue weighted by atomic mass is 9.88. The molecule has 0 spiro atoms. The molecular weight excluding hydrogens is 342 g/mol. The number of halogens is 1. The van der Waals surface area contributed by atoms with E-state index < -0.39 is 5.54 Å².